The lowest BCUT2D eigenvalue weighted by Crippen LogP contribution is -2.54. The van der Waals surface area contributed by atoms with Crippen molar-refractivity contribution >= 4 is 40.9 Å². The zero-order valence-corrected chi connectivity index (χ0v) is 16.2. The maximum absolute atomic E-state index is 13.0. The van der Waals surface area contributed by atoms with Gasteiger partial charge in [-0.3, -0.25) is 19.8 Å². The Morgan fingerprint density at radius 2 is 1.85 bits per heavy atom. The van der Waals surface area contributed by atoms with Gasteiger partial charge >= 0.3 is 0 Å². The quantitative estimate of drug-likeness (QED) is 0.502. The first-order valence-electron chi connectivity index (χ1n) is 8.59. The molecule has 0 aliphatic carbocycles. The molecular weight excluding hydrogens is 360 g/mol. The van der Waals surface area contributed by atoms with E-state index in [0.29, 0.717) is 11.4 Å². The molecule has 0 unspecified atom stereocenters. The summed E-state index contributed by atoms with van der Waals surface area (Å²) >= 11 is 5.23. The van der Waals surface area contributed by atoms with Crippen LogP contribution in [-0.4, -0.2) is 24.0 Å². The smallest absolute Gasteiger partial charge is 0.270 e. The molecule has 138 valence electrons. The fourth-order valence-corrected chi connectivity index (χ4v) is 3.15. The van der Waals surface area contributed by atoms with Crippen molar-refractivity contribution < 1.29 is 14.3 Å². The number of carbonyl (C=O) groups excluding carboxylic acids is 2. The monoisotopic (exact) mass is 380 g/mol. The Balaban J connectivity index is 1.99. The van der Waals surface area contributed by atoms with Gasteiger partial charge in [-0.25, -0.2) is 0 Å². The molecule has 0 saturated carbocycles. The molecule has 1 aliphatic heterocycles. The van der Waals surface area contributed by atoms with Gasteiger partial charge in [-0.1, -0.05) is 25.1 Å². The third-order valence-electron chi connectivity index (χ3n) is 4.48. The number of rotatable bonds is 4. The average molecular weight is 380 g/mol. The zero-order valence-electron chi connectivity index (χ0n) is 15.4. The molecule has 0 bridgehead atoms. The minimum absolute atomic E-state index is 0.0384. The Bertz CT molecular complexity index is 948. The third-order valence-corrected chi connectivity index (χ3v) is 4.77. The van der Waals surface area contributed by atoms with Crippen molar-refractivity contribution in [3.63, 3.8) is 0 Å². The Hall–Kier alpha value is -2.99. The first-order chi connectivity index (χ1) is 12.9. The number of carbonyl (C=O) groups is 2. The van der Waals surface area contributed by atoms with Crippen molar-refractivity contribution in [2.75, 3.05) is 12.0 Å². The highest BCUT2D eigenvalue weighted by atomic mass is 32.1. The minimum atomic E-state index is -0.498. The summed E-state index contributed by atoms with van der Waals surface area (Å²) in [7, 11) is 1.59. The van der Waals surface area contributed by atoms with Crippen molar-refractivity contribution in [1.82, 2.24) is 5.32 Å². The second-order valence-electron chi connectivity index (χ2n) is 6.20. The van der Waals surface area contributed by atoms with Gasteiger partial charge in [-0.15, -0.1) is 0 Å². The van der Waals surface area contributed by atoms with E-state index in [1.165, 1.54) is 4.90 Å². The first kappa shape index (κ1) is 18.8. The summed E-state index contributed by atoms with van der Waals surface area (Å²) in [5, 5.41) is 2.69. The number of nitrogens with one attached hydrogen (secondary N) is 1. The molecular formula is C21H20N2O3S. The predicted molar refractivity (Wildman–Crippen MR) is 110 cm³/mol. The van der Waals surface area contributed by atoms with E-state index in [9.17, 15) is 9.59 Å². The van der Waals surface area contributed by atoms with Crippen LogP contribution in [0, 0.1) is 6.92 Å². The van der Waals surface area contributed by atoms with Crippen molar-refractivity contribution in [3.05, 3.63) is 64.7 Å². The second kappa shape index (κ2) is 7.72. The van der Waals surface area contributed by atoms with E-state index in [1.807, 2.05) is 43.3 Å². The lowest BCUT2D eigenvalue weighted by Gasteiger charge is -2.29. The second-order valence-corrected chi connectivity index (χ2v) is 6.59. The largest absolute Gasteiger partial charge is 0.497 e. The predicted octanol–water partition coefficient (Wildman–Crippen LogP) is 3.40. The maximum Gasteiger partial charge on any atom is 0.270 e. The normalized spacial score (nSPS) is 15.9. The molecule has 1 saturated heterocycles. The van der Waals surface area contributed by atoms with Gasteiger partial charge in [-0.05, 0) is 72.6 Å². The molecule has 27 heavy (non-hydrogen) atoms. The number of anilines is 1. The van der Waals surface area contributed by atoms with Crippen molar-refractivity contribution in [2.45, 2.75) is 20.3 Å². The van der Waals surface area contributed by atoms with E-state index in [4.69, 9.17) is 17.0 Å². The number of nitrogens with zero attached hydrogens (tertiary/aromatic N) is 1. The van der Waals surface area contributed by atoms with Crippen LogP contribution in [0.4, 0.5) is 5.69 Å². The number of methoxy groups -OCH3 is 1. The third kappa shape index (κ3) is 3.75. The fourth-order valence-electron chi connectivity index (χ4n) is 2.87. The van der Waals surface area contributed by atoms with E-state index in [-0.39, 0.29) is 10.7 Å². The highest BCUT2D eigenvalue weighted by Gasteiger charge is 2.34. The van der Waals surface area contributed by atoms with Crippen LogP contribution in [0.3, 0.4) is 0 Å². The summed E-state index contributed by atoms with van der Waals surface area (Å²) in [4.78, 5) is 26.8. The van der Waals surface area contributed by atoms with Crippen LogP contribution < -0.4 is 15.0 Å². The summed E-state index contributed by atoms with van der Waals surface area (Å²) in [6.45, 7) is 3.95. The lowest BCUT2D eigenvalue weighted by molar-refractivity contribution is -0.122. The van der Waals surface area contributed by atoms with E-state index < -0.39 is 11.8 Å². The van der Waals surface area contributed by atoms with Gasteiger partial charge < -0.3 is 4.74 Å². The summed E-state index contributed by atoms with van der Waals surface area (Å²) in [6.07, 6.45) is 2.49. The highest BCUT2D eigenvalue weighted by molar-refractivity contribution is 7.80. The van der Waals surface area contributed by atoms with Gasteiger partial charge in [0.2, 0.25) is 0 Å². The SMILES string of the molecule is CCc1ccc(N2C(=O)/C(=C/c3ccc(OC)cc3C)C(=O)NC2=S)cc1. The van der Waals surface area contributed by atoms with E-state index >= 15 is 0 Å². The van der Waals surface area contributed by atoms with Gasteiger partial charge in [0.15, 0.2) is 5.11 Å². The number of aryl methyl sites for hydroxylation is 2. The minimum Gasteiger partial charge on any atom is -0.497 e. The fraction of sp³-hybridized carbons (Fsp3) is 0.190. The molecule has 2 amide bonds. The highest BCUT2D eigenvalue weighted by Crippen LogP contribution is 2.24. The average Bonchev–Trinajstić information content (AvgIpc) is 2.66. The van der Waals surface area contributed by atoms with Gasteiger partial charge in [-0.2, -0.15) is 0 Å². The molecule has 1 N–H and O–H groups in total. The molecule has 1 aliphatic rings. The summed E-state index contributed by atoms with van der Waals surface area (Å²) in [5.74, 6) is -0.224. The molecule has 0 radical (unpaired) electrons. The lowest BCUT2D eigenvalue weighted by atomic mass is 10.0. The van der Waals surface area contributed by atoms with Crippen molar-refractivity contribution in [1.29, 1.82) is 0 Å². The van der Waals surface area contributed by atoms with Gasteiger partial charge in [0.1, 0.15) is 11.3 Å². The molecule has 5 nitrogen and oxygen atoms in total. The summed E-state index contributed by atoms with van der Waals surface area (Å²) < 4.78 is 5.20. The molecule has 2 aromatic rings. The van der Waals surface area contributed by atoms with Gasteiger partial charge in [0, 0.05) is 0 Å². The molecule has 3 rings (SSSR count). The zero-order chi connectivity index (χ0) is 19.6. The Morgan fingerprint density at radius 1 is 1.15 bits per heavy atom. The standard InChI is InChI=1S/C21H20N2O3S/c1-4-14-5-8-16(9-6-14)23-20(25)18(19(24)22-21(23)27)12-15-7-10-17(26-3)11-13(15)2/h5-12H,4H2,1-3H3,(H,22,24,27)/b18-12+. The van der Waals surface area contributed by atoms with Crippen LogP contribution in [0.5, 0.6) is 5.75 Å². The Kier molecular flexibility index (Phi) is 5.37. The topological polar surface area (TPSA) is 58.6 Å². The Labute approximate surface area is 163 Å². The van der Waals surface area contributed by atoms with E-state index in [0.717, 1.165) is 23.1 Å². The van der Waals surface area contributed by atoms with Crippen LogP contribution in [0.15, 0.2) is 48.0 Å². The van der Waals surface area contributed by atoms with Crippen LogP contribution >= 0.6 is 12.2 Å². The van der Waals surface area contributed by atoms with Crippen LogP contribution in [0.2, 0.25) is 0 Å². The van der Waals surface area contributed by atoms with Crippen LogP contribution in [0.25, 0.3) is 6.08 Å². The number of amides is 2. The summed E-state index contributed by atoms with van der Waals surface area (Å²) in [6, 6.07) is 13.0. The van der Waals surface area contributed by atoms with Gasteiger partial charge in [0.05, 0.1) is 12.8 Å². The van der Waals surface area contributed by atoms with Crippen molar-refractivity contribution in [3.8, 4) is 5.75 Å². The molecule has 0 aromatic heterocycles. The number of benzene rings is 2. The number of hydrogen-bond donors (Lipinski definition) is 1. The number of hydrogen-bond acceptors (Lipinski definition) is 4. The number of thiocarbonyl (C=S) groups is 1. The summed E-state index contributed by atoms with van der Waals surface area (Å²) in [5.41, 5.74) is 3.48. The van der Waals surface area contributed by atoms with Gasteiger partial charge in [0.25, 0.3) is 11.8 Å². The molecule has 1 fully saturated rings. The van der Waals surface area contributed by atoms with Crippen molar-refractivity contribution in [2.24, 2.45) is 0 Å². The first-order valence-corrected chi connectivity index (χ1v) is 9.00. The maximum atomic E-state index is 13.0. The molecule has 0 spiro atoms. The van der Waals surface area contributed by atoms with E-state index in [2.05, 4.69) is 12.2 Å². The number of ether oxygens (including phenoxy) is 1. The molecule has 6 heteroatoms. The van der Waals surface area contributed by atoms with E-state index in [1.54, 1.807) is 19.3 Å². The molecule has 0 atom stereocenters. The molecule has 1 heterocycles. The Morgan fingerprint density at radius 3 is 2.44 bits per heavy atom. The molecule has 2 aromatic carbocycles. The van der Waals surface area contributed by atoms with Crippen LogP contribution in [-0.2, 0) is 16.0 Å². The van der Waals surface area contributed by atoms with Crippen LogP contribution in [0.1, 0.15) is 23.6 Å².